The Balaban J connectivity index is 0.00000141. The number of piperidine rings is 1. The third-order valence-corrected chi connectivity index (χ3v) is 6.30. The Hall–Kier alpha value is -3.51. The number of amides is 1. The first-order chi connectivity index (χ1) is 17.2. The van der Waals surface area contributed by atoms with E-state index in [2.05, 4.69) is 33.4 Å². The van der Waals surface area contributed by atoms with Crippen LogP contribution in [0.5, 0.6) is 0 Å². The number of imidazole rings is 1. The highest BCUT2D eigenvalue weighted by Gasteiger charge is 2.15. The van der Waals surface area contributed by atoms with Crippen molar-refractivity contribution in [2.75, 3.05) is 26.2 Å². The predicted octanol–water partition coefficient (Wildman–Crippen LogP) is 5.61. The number of hydrogen-bond acceptors (Lipinski definition) is 4. The minimum atomic E-state index is -0.0923. The number of benzene rings is 1. The minimum Gasteiger partial charge on any atom is -0.349 e. The molecule has 0 radical (unpaired) electrons. The molecule has 1 aromatic carbocycles. The van der Waals surface area contributed by atoms with Crippen molar-refractivity contribution >= 4 is 11.6 Å². The second kappa shape index (κ2) is 11.8. The van der Waals surface area contributed by atoms with E-state index >= 15 is 0 Å². The van der Waals surface area contributed by atoms with Crippen LogP contribution in [0.25, 0.3) is 28.0 Å². The molecule has 1 amide bonds. The van der Waals surface area contributed by atoms with Gasteiger partial charge in [-0.2, -0.15) is 0 Å². The summed E-state index contributed by atoms with van der Waals surface area (Å²) >= 11 is 0. The van der Waals surface area contributed by atoms with E-state index in [1.807, 2.05) is 67.8 Å². The molecule has 0 bridgehead atoms. The van der Waals surface area contributed by atoms with Gasteiger partial charge in [0.1, 0.15) is 11.3 Å². The zero-order valence-electron chi connectivity index (χ0n) is 21.0. The predicted molar refractivity (Wildman–Crippen MR) is 143 cm³/mol. The van der Waals surface area contributed by atoms with Gasteiger partial charge in [-0.3, -0.25) is 14.2 Å². The fourth-order valence-electron chi connectivity index (χ4n) is 4.56. The molecule has 6 nitrogen and oxygen atoms in total. The summed E-state index contributed by atoms with van der Waals surface area (Å²) in [5, 5.41) is 3.08. The van der Waals surface area contributed by atoms with Gasteiger partial charge in [0.05, 0.1) is 11.9 Å². The van der Waals surface area contributed by atoms with Gasteiger partial charge in [-0.25, -0.2) is 4.98 Å². The Morgan fingerprint density at radius 3 is 2.49 bits per heavy atom. The molecule has 182 valence electrons. The summed E-state index contributed by atoms with van der Waals surface area (Å²) in [6.45, 7) is 9.80. The molecule has 0 atom stereocenters. The average Bonchev–Trinajstić information content (AvgIpc) is 3.34. The van der Waals surface area contributed by atoms with E-state index < -0.39 is 0 Å². The Kier molecular flexibility index (Phi) is 8.27. The number of pyridine rings is 2. The molecule has 5 rings (SSSR count). The SMILES string of the molecule is CC.Cc1cccc(-c2ccccc2-c2ccc3ncc(C(=O)NCCN4CCCCC4)n3c2)n1. The summed E-state index contributed by atoms with van der Waals surface area (Å²) in [5.74, 6) is -0.0923. The Bertz CT molecular complexity index is 1270. The summed E-state index contributed by atoms with van der Waals surface area (Å²) in [6, 6.07) is 18.3. The second-order valence-corrected chi connectivity index (χ2v) is 8.66. The number of hydrogen-bond donors (Lipinski definition) is 1. The van der Waals surface area contributed by atoms with E-state index in [-0.39, 0.29) is 5.91 Å². The van der Waals surface area contributed by atoms with Gasteiger partial charge in [0, 0.05) is 30.5 Å². The highest BCUT2D eigenvalue weighted by atomic mass is 16.1. The minimum absolute atomic E-state index is 0.0923. The number of likely N-dealkylation sites (tertiary alicyclic amines) is 1. The molecule has 0 spiro atoms. The van der Waals surface area contributed by atoms with Crippen LogP contribution >= 0.6 is 0 Å². The van der Waals surface area contributed by atoms with E-state index in [1.54, 1.807) is 6.20 Å². The monoisotopic (exact) mass is 469 g/mol. The van der Waals surface area contributed by atoms with Gasteiger partial charge in [0.25, 0.3) is 5.91 Å². The third kappa shape index (κ3) is 5.77. The van der Waals surface area contributed by atoms with E-state index in [9.17, 15) is 4.79 Å². The van der Waals surface area contributed by atoms with Crippen molar-refractivity contribution in [3.63, 3.8) is 0 Å². The van der Waals surface area contributed by atoms with Crippen LogP contribution in [-0.4, -0.2) is 51.4 Å². The van der Waals surface area contributed by atoms with E-state index in [0.29, 0.717) is 12.2 Å². The van der Waals surface area contributed by atoms with Crippen molar-refractivity contribution in [2.45, 2.75) is 40.0 Å². The lowest BCUT2D eigenvalue weighted by Crippen LogP contribution is -2.37. The lowest BCUT2D eigenvalue weighted by Gasteiger charge is -2.26. The third-order valence-electron chi connectivity index (χ3n) is 6.30. The number of carbonyl (C=O) groups is 1. The first-order valence-corrected chi connectivity index (χ1v) is 12.7. The smallest absolute Gasteiger partial charge is 0.269 e. The Morgan fingerprint density at radius 1 is 0.943 bits per heavy atom. The van der Waals surface area contributed by atoms with Crippen LogP contribution in [0.15, 0.2) is 67.0 Å². The van der Waals surface area contributed by atoms with Crippen molar-refractivity contribution in [2.24, 2.45) is 0 Å². The van der Waals surface area contributed by atoms with Gasteiger partial charge in [-0.15, -0.1) is 0 Å². The molecule has 6 heteroatoms. The summed E-state index contributed by atoms with van der Waals surface area (Å²) < 4.78 is 1.88. The topological polar surface area (TPSA) is 62.5 Å². The van der Waals surface area contributed by atoms with E-state index in [1.165, 1.54) is 19.3 Å². The number of nitrogens with zero attached hydrogens (tertiary/aromatic N) is 4. The maximum atomic E-state index is 12.9. The molecule has 3 aromatic heterocycles. The van der Waals surface area contributed by atoms with Crippen LogP contribution in [0, 0.1) is 6.92 Å². The second-order valence-electron chi connectivity index (χ2n) is 8.66. The number of carbonyl (C=O) groups excluding carboxylic acids is 1. The van der Waals surface area contributed by atoms with Crippen LogP contribution in [-0.2, 0) is 0 Å². The summed E-state index contributed by atoms with van der Waals surface area (Å²) in [6.07, 6.45) is 7.48. The molecule has 1 fully saturated rings. The maximum absolute atomic E-state index is 12.9. The highest BCUT2D eigenvalue weighted by Crippen LogP contribution is 2.31. The maximum Gasteiger partial charge on any atom is 0.269 e. The molecule has 0 saturated carbocycles. The highest BCUT2D eigenvalue weighted by molar-refractivity contribution is 5.93. The molecule has 1 aliphatic rings. The Morgan fingerprint density at radius 2 is 1.71 bits per heavy atom. The van der Waals surface area contributed by atoms with E-state index in [4.69, 9.17) is 4.98 Å². The van der Waals surface area contributed by atoms with Crippen molar-refractivity contribution in [3.8, 4) is 22.4 Å². The van der Waals surface area contributed by atoms with Crippen molar-refractivity contribution in [1.29, 1.82) is 0 Å². The summed E-state index contributed by atoms with van der Waals surface area (Å²) in [7, 11) is 0. The van der Waals surface area contributed by atoms with Gasteiger partial charge >= 0.3 is 0 Å². The van der Waals surface area contributed by atoms with Gasteiger partial charge in [0.15, 0.2) is 0 Å². The van der Waals surface area contributed by atoms with Crippen LogP contribution in [0.4, 0.5) is 0 Å². The summed E-state index contributed by atoms with van der Waals surface area (Å²) in [5.41, 5.74) is 6.38. The Labute approximate surface area is 208 Å². The van der Waals surface area contributed by atoms with Crippen molar-refractivity contribution in [1.82, 2.24) is 24.6 Å². The van der Waals surface area contributed by atoms with Gasteiger partial charge in [-0.05, 0) is 68.2 Å². The number of rotatable bonds is 6. The first kappa shape index (κ1) is 24.6. The average molecular weight is 470 g/mol. The number of nitrogens with one attached hydrogen (secondary N) is 1. The van der Waals surface area contributed by atoms with Crippen molar-refractivity contribution in [3.05, 3.63) is 78.4 Å². The molecule has 1 saturated heterocycles. The fourth-order valence-corrected chi connectivity index (χ4v) is 4.56. The normalized spacial score (nSPS) is 13.8. The quantitative estimate of drug-likeness (QED) is 0.398. The summed E-state index contributed by atoms with van der Waals surface area (Å²) in [4.78, 5) is 24.5. The number of aromatic nitrogens is 3. The van der Waals surface area contributed by atoms with Gasteiger partial charge in [0.2, 0.25) is 0 Å². The molecule has 1 aliphatic heterocycles. The fraction of sp³-hybridized carbons (Fsp3) is 0.345. The lowest BCUT2D eigenvalue weighted by atomic mass is 9.98. The van der Waals surface area contributed by atoms with Gasteiger partial charge < -0.3 is 10.2 Å². The molecule has 4 heterocycles. The van der Waals surface area contributed by atoms with Crippen LogP contribution in [0.1, 0.15) is 49.3 Å². The standard InChI is InChI=1S/C27H29N5O.C2H6/c1-20-8-7-11-24(30-20)23-10-4-3-9-22(23)21-12-13-26-29-18-25(32(26)19-21)27(33)28-14-17-31-15-5-2-6-16-31;1-2/h3-4,7-13,18-19H,2,5-6,14-17H2,1H3,(H,28,33);1-2H3. The molecule has 4 aromatic rings. The largest absolute Gasteiger partial charge is 0.349 e. The van der Waals surface area contributed by atoms with Crippen LogP contribution < -0.4 is 5.32 Å². The van der Waals surface area contributed by atoms with Gasteiger partial charge in [-0.1, -0.05) is 50.6 Å². The van der Waals surface area contributed by atoms with Crippen LogP contribution in [0.3, 0.4) is 0 Å². The molecular weight excluding hydrogens is 434 g/mol. The molecule has 1 N–H and O–H groups in total. The molecule has 0 aliphatic carbocycles. The number of fused-ring (bicyclic) bond motifs is 1. The molecule has 0 unspecified atom stereocenters. The zero-order chi connectivity index (χ0) is 24.6. The zero-order valence-corrected chi connectivity index (χ0v) is 21.0. The van der Waals surface area contributed by atoms with Crippen molar-refractivity contribution < 1.29 is 4.79 Å². The molecule has 35 heavy (non-hydrogen) atoms. The first-order valence-electron chi connectivity index (χ1n) is 12.7. The van der Waals surface area contributed by atoms with Crippen LogP contribution in [0.2, 0.25) is 0 Å². The lowest BCUT2D eigenvalue weighted by molar-refractivity contribution is 0.0940. The molecular formula is C29H35N5O. The van der Waals surface area contributed by atoms with E-state index in [0.717, 1.165) is 53.4 Å². The number of aryl methyl sites for hydroxylation is 1.